The first kappa shape index (κ1) is 14.0. The Bertz CT molecular complexity index is 426. The molecular weight excluding hydrogens is 242 g/mol. The van der Waals surface area contributed by atoms with Crippen molar-refractivity contribution >= 4 is 5.97 Å². The number of aliphatic carboxylic acids is 1. The molecule has 19 heavy (non-hydrogen) atoms. The van der Waals surface area contributed by atoms with Gasteiger partial charge in [0, 0.05) is 32.0 Å². The van der Waals surface area contributed by atoms with Crippen LogP contribution < -0.4 is 0 Å². The Morgan fingerprint density at radius 1 is 1.37 bits per heavy atom. The number of nitrogens with zero attached hydrogens (tertiary/aromatic N) is 3. The second kappa shape index (κ2) is 5.67. The highest BCUT2D eigenvalue weighted by Gasteiger charge is 2.43. The van der Waals surface area contributed by atoms with Crippen LogP contribution in [-0.4, -0.2) is 58.6 Å². The van der Waals surface area contributed by atoms with Crippen LogP contribution in [0.4, 0.5) is 0 Å². The predicted molar refractivity (Wildman–Crippen MR) is 72.8 cm³/mol. The van der Waals surface area contributed by atoms with Crippen LogP contribution in [0.25, 0.3) is 0 Å². The minimum atomic E-state index is -0.707. The number of aromatic nitrogens is 1. The molecular formula is C14H21N3O2. The number of pyridine rings is 1. The molecule has 0 bridgehead atoms. The molecule has 0 unspecified atom stereocenters. The molecule has 1 aromatic rings. The Hall–Kier alpha value is -1.46. The Morgan fingerprint density at radius 3 is 2.42 bits per heavy atom. The van der Waals surface area contributed by atoms with E-state index in [9.17, 15) is 9.90 Å². The summed E-state index contributed by atoms with van der Waals surface area (Å²) < 4.78 is 0. The molecule has 0 atom stereocenters. The number of hydrogen-bond donors (Lipinski definition) is 1. The van der Waals surface area contributed by atoms with Crippen LogP contribution in [0.15, 0.2) is 24.5 Å². The maximum Gasteiger partial charge on any atom is 0.324 e. The third-order valence-corrected chi connectivity index (χ3v) is 4.09. The molecule has 0 aliphatic carbocycles. The zero-order valence-electron chi connectivity index (χ0n) is 11.5. The highest BCUT2D eigenvalue weighted by molar-refractivity contribution is 5.78. The van der Waals surface area contributed by atoms with Crippen molar-refractivity contribution in [3.05, 3.63) is 30.1 Å². The first-order valence-corrected chi connectivity index (χ1v) is 6.57. The molecule has 0 amide bonds. The number of hydrogen-bond acceptors (Lipinski definition) is 4. The van der Waals surface area contributed by atoms with Crippen molar-refractivity contribution in [2.24, 2.45) is 0 Å². The standard InChI is InChI=1S/C14H21N3O2/c1-16(2)14(13(18)19)5-9-17(10-6-14)11-12-3-7-15-8-4-12/h3-4,7-8H,5-6,9-11H2,1-2H3,(H,18,19). The van der Waals surface area contributed by atoms with Gasteiger partial charge in [0.25, 0.3) is 0 Å². The molecule has 104 valence electrons. The van der Waals surface area contributed by atoms with Gasteiger partial charge in [0.2, 0.25) is 0 Å². The number of carboxylic acid groups (broad SMARTS) is 1. The first-order chi connectivity index (χ1) is 9.04. The molecule has 0 aromatic carbocycles. The largest absolute Gasteiger partial charge is 0.480 e. The SMILES string of the molecule is CN(C)C1(C(=O)O)CCN(Cc2ccncc2)CC1. The summed E-state index contributed by atoms with van der Waals surface area (Å²) in [5.41, 5.74) is 0.525. The normalized spacial score (nSPS) is 19.5. The van der Waals surface area contributed by atoms with Crippen molar-refractivity contribution in [3.8, 4) is 0 Å². The van der Waals surface area contributed by atoms with Gasteiger partial charge in [0.05, 0.1) is 0 Å². The molecule has 0 saturated carbocycles. The van der Waals surface area contributed by atoms with Gasteiger partial charge in [-0.05, 0) is 44.6 Å². The van der Waals surface area contributed by atoms with Gasteiger partial charge in [-0.25, -0.2) is 0 Å². The van der Waals surface area contributed by atoms with E-state index in [4.69, 9.17) is 0 Å². The lowest BCUT2D eigenvalue weighted by atomic mass is 9.86. The fraction of sp³-hybridized carbons (Fsp3) is 0.571. The van der Waals surface area contributed by atoms with E-state index in [-0.39, 0.29) is 0 Å². The van der Waals surface area contributed by atoms with E-state index in [1.807, 2.05) is 31.1 Å². The highest BCUT2D eigenvalue weighted by atomic mass is 16.4. The van der Waals surface area contributed by atoms with Crippen LogP contribution in [-0.2, 0) is 11.3 Å². The maximum atomic E-state index is 11.5. The van der Waals surface area contributed by atoms with Gasteiger partial charge in [-0.3, -0.25) is 19.6 Å². The summed E-state index contributed by atoms with van der Waals surface area (Å²) in [6, 6.07) is 4.01. The van der Waals surface area contributed by atoms with Crippen LogP contribution in [0.5, 0.6) is 0 Å². The van der Waals surface area contributed by atoms with Gasteiger partial charge < -0.3 is 5.11 Å². The molecule has 5 heteroatoms. The number of carboxylic acids is 1. The Morgan fingerprint density at radius 2 is 1.95 bits per heavy atom. The second-order valence-electron chi connectivity index (χ2n) is 5.36. The third-order valence-electron chi connectivity index (χ3n) is 4.09. The molecule has 2 heterocycles. The van der Waals surface area contributed by atoms with Crippen LogP contribution in [0.3, 0.4) is 0 Å². The van der Waals surface area contributed by atoms with E-state index in [1.165, 1.54) is 5.56 Å². The lowest BCUT2D eigenvalue weighted by molar-refractivity contribution is -0.153. The first-order valence-electron chi connectivity index (χ1n) is 6.57. The van der Waals surface area contributed by atoms with Crippen LogP contribution in [0.2, 0.25) is 0 Å². The Balaban J connectivity index is 1.97. The molecule has 0 radical (unpaired) electrons. The Kier molecular flexibility index (Phi) is 4.17. The van der Waals surface area contributed by atoms with Gasteiger partial charge >= 0.3 is 5.97 Å². The predicted octanol–water partition coefficient (Wildman–Crippen LogP) is 1.06. The van der Waals surface area contributed by atoms with Crippen molar-refractivity contribution in [1.29, 1.82) is 0 Å². The van der Waals surface area contributed by atoms with E-state index in [0.29, 0.717) is 12.8 Å². The molecule has 1 saturated heterocycles. The average molecular weight is 263 g/mol. The van der Waals surface area contributed by atoms with Crippen molar-refractivity contribution < 1.29 is 9.90 Å². The molecule has 1 aromatic heterocycles. The lowest BCUT2D eigenvalue weighted by Gasteiger charge is -2.42. The van der Waals surface area contributed by atoms with Crippen molar-refractivity contribution in [1.82, 2.24) is 14.8 Å². The molecule has 0 spiro atoms. The Labute approximate surface area is 113 Å². The molecule has 5 nitrogen and oxygen atoms in total. The van der Waals surface area contributed by atoms with Gasteiger partial charge in [0.15, 0.2) is 0 Å². The van der Waals surface area contributed by atoms with Gasteiger partial charge in [-0.15, -0.1) is 0 Å². The number of rotatable bonds is 4. The maximum absolute atomic E-state index is 11.5. The van der Waals surface area contributed by atoms with Crippen molar-refractivity contribution in [3.63, 3.8) is 0 Å². The minimum absolute atomic E-state index is 0.667. The van der Waals surface area contributed by atoms with Crippen LogP contribution in [0, 0.1) is 0 Å². The van der Waals surface area contributed by atoms with E-state index >= 15 is 0 Å². The summed E-state index contributed by atoms with van der Waals surface area (Å²) in [7, 11) is 3.71. The van der Waals surface area contributed by atoms with E-state index in [0.717, 1.165) is 19.6 Å². The zero-order chi connectivity index (χ0) is 13.9. The fourth-order valence-electron chi connectivity index (χ4n) is 2.68. The van der Waals surface area contributed by atoms with Crippen LogP contribution in [0.1, 0.15) is 18.4 Å². The average Bonchev–Trinajstić information content (AvgIpc) is 2.40. The third kappa shape index (κ3) is 2.93. The molecule has 1 N–H and O–H groups in total. The number of likely N-dealkylation sites (N-methyl/N-ethyl adjacent to an activating group) is 1. The summed E-state index contributed by atoms with van der Waals surface area (Å²) in [5.74, 6) is -0.707. The van der Waals surface area contributed by atoms with E-state index < -0.39 is 11.5 Å². The van der Waals surface area contributed by atoms with Crippen LogP contribution >= 0.6 is 0 Å². The summed E-state index contributed by atoms with van der Waals surface area (Å²) in [4.78, 5) is 19.7. The number of piperidine rings is 1. The van der Waals surface area contributed by atoms with E-state index in [2.05, 4.69) is 9.88 Å². The number of carbonyl (C=O) groups is 1. The minimum Gasteiger partial charge on any atom is -0.480 e. The molecule has 1 aliphatic heterocycles. The topological polar surface area (TPSA) is 56.7 Å². The van der Waals surface area contributed by atoms with Gasteiger partial charge in [-0.1, -0.05) is 0 Å². The molecule has 1 aliphatic rings. The van der Waals surface area contributed by atoms with Gasteiger partial charge in [0.1, 0.15) is 5.54 Å². The van der Waals surface area contributed by atoms with Crippen molar-refractivity contribution in [2.75, 3.05) is 27.2 Å². The number of likely N-dealkylation sites (tertiary alicyclic amines) is 1. The summed E-state index contributed by atoms with van der Waals surface area (Å²) in [6.45, 7) is 2.49. The zero-order valence-corrected chi connectivity index (χ0v) is 11.5. The molecule has 1 fully saturated rings. The lowest BCUT2D eigenvalue weighted by Crippen LogP contribution is -2.57. The summed E-state index contributed by atoms with van der Waals surface area (Å²) in [5, 5.41) is 9.47. The molecule has 2 rings (SSSR count). The smallest absolute Gasteiger partial charge is 0.324 e. The van der Waals surface area contributed by atoms with Crippen molar-refractivity contribution in [2.45, 2.75) is 24.9 Å². The van der Waals surface area contributed by atoms with E-state index in [1.54, 1.807) is 12.4 Å². The second-order valence-corrected chi connectivity index (χ2v) is 5.36. The fourth-order valence-corrected chi connectivity index (χ4v) is 2.68. The monoisotopic (exact) mass is 263 g/mol. The summed E-state index contributed by atoms with van der Waals surface area (Å²) in [6.07, 6.45) is 4.92. The summed E-state index contributed by atoms with van der Waals surface area (Å²) >= 11 is 0. The highest BCUT2D eigenvalue weighted by Crippen LogP contribution is 2.28. The quantitative estimate of drug-likeness (QED) is 0.880. The van der Waals surface area contributed by atoms with Gasteiger partial charge in [-0.2, -0.15) is 0 Å².